The molecule has 0 aromatic carbocycles. The summed E-state index contributed by atoms with van der Waals surface area (Å²) in [6.45, 7) is 4.11. The molecule has 0 aliphatic rings. The van der Waals surface area contributed by atoms with Crippen LogP contribution in [0.3, 0.4) is 0 Å². The molecule has 2 unspecified atom stereocenters. The Labute approximate surface area is 117 Å². The Bertz CT molecular complexity index is 446. The van der Waals surface area contributed by atoms with Crippen molar-refractivity contribution in [1.29, 1.82) is 5.26 Å². The molecule has 0 aliphatic carbocycles. The van der Waals surface area contributed by atoms with Gasteiger partial charge >= 0.3 is 6.18 Å². The Morgan fingerprint density at radius 2 is 2.00 bits per heavy atom. The summed E-state index contributed by atoms with van der Waals surface area (Å²) in [5.74, 6) is 0.262. The number of rotatable bonds is 6. The highest BCUT2D eigenvalue weighted by atomic mass is 19.4. The highest BCUT2D eigenvalue weighted by Gasteiger charge is 2.32. The van der Waals surface area contributed by atoms with Crippen molar-refractivity contribution in [3.63, 3.8) is 0 Å². The van der Waals surface area contributed by atoms with Gasteiger partial charge in [-0.3, -0.25) is 4.98 Å². The number of nitriles is 1. The summed E-state index contributed by atoms with van der Waals surface area (Å²) in [4.78, 5) is 3.50. The first kappa shape index (κ1) is 16.5. The van der Waals surface area contributed by atoms with Crippen LogP contribution in [0.25, 0.3) is 0 Å². The van der Waals surface area contributed by atoms with Gasteiger partial charge in [-0.2, -0.15) is 18.4 Å². The maximum absolute atomic E-state index is 12.5. The Kier molecular flexibility index (Phi) is 6.00. The molecule has 20 heavy (non-hydrogen) atoms. The number of alkyl halides is 3. The quantitative estimate of drug-likeness (QED) is 0.743. The fourth-order valence-corrected chi connectivity index (χ4v) is 2.51. The topological polar surface area (TPSA) is 36.7 Å². The average Bonchev–Trinajstić information content (AvgIpc) is 2.42. The zero-order valence-corrected chi connectivity index (χ0v) is 11.7. The van der Waals surface area contributed by atoms with Crippen molar-refractivity contribution in [2.45, 2.75) is 51.6 Å². The van der Waals surface area contributed by atoms with Crippen molar-refractivity contribution in [3.05, 3.63) is 29.6 Å². The normalized spacial score (nSPS) is 14.6. The van der Waals surface area contributed by atoms with Gasteiger partial charge in [0.25, 0.3) is 0 Å². The van der Waals surface area contributed by atoms with Gasteiger partial charge in [-0.25, -0.2) is 0 Å². The summed E-state index contributed by atoms with van der Waals surface area (Å²) in [6, 6.07) is 4.59. The second-order valence-corrected chi connectivity index (χ2v) is 4.90. The predicted molar refractivity (Wildman–Crippen MR) is 70.9 cm³/mol. The van der Waals surface area contributed by atoms with Gasteiger partial charge < -0.3 is 0 Å². The Hall–Kier alpha value is -1.57. The van der Waals surface area contributed by atoms with E-state index in [1.807, 2.05) is 6.92 Å². The summed E-state index contributed by atoms with van der Waals surface area (Å²) < 4.78 is 37.5. The fourth-order valence-electron chi connectivity index (χ4n) is 2.51. The van der Waals surface area contributed by atoms with E-state index in [-0.39, 0.29) is 5.92 Å². The minimum absolute atomic E-state index is 0.0419. The van der Waals surface area contributed by atoms with Crippen LogP contribution in [0.4, 0.5) is 13.2 Å². The number of hydrogen-bond donors (Lipinski definition) is 0. The molecule has 0 saturated carbocycles. The maximum atomic E-state index is 12.5. The number of halogens is 3. The second-order valence-electron chi connectivity index (χ2n) is 4.90. The summed E-state index contributed by atoms with van der Waals surface area (Å²) in [7, 11) is 0. The van der Waals surface area contributed by atoms with E-state index in [2.05, 4.69) is 18.0 Å². The van der Waals surface area contributed by atoms with Crippen LogP contribution < -0.4 is 0 Å². The highest BCUT2D eigenvalue weighted by Crippen LogP contribution is 2.34. The van der Waals surface area contributed by atoms with Crippen LogP contribution in [0, 0.1) is 17.2 Å². The molecule has 0 radical (unpaired) electrons. The van der Waals surface area contributed by atoms with Gasteiger partial charge in [0, 0.05) is 18.5 Å². The van der Waals surface area contributed by atoms with Crippen molar-refractivity contribution in [3.8, 4) is 6.07 Å². The molecular weight excluding hydrogens is 265 g/mol. The molecule has 1 aromatic heterocycles. The van der Waals surface area contributed by atoms with Crippen LogP contribution in [-0.4, -0.2) is 4.98 Å². The first-order valence-corrected chi connectivity index (χ1v) is 6.84. The van der Waals surface area contributed by atoms with Gasteiger partial charge in [-0.1, -0.05) is 39.2 Å². The van der Waals surface area contributed by atoms with E-state index in [4.69, 9.17) is 5.26 Å². The zero-order valence-electron chi connectivity index (χ0n) is 11.7. The van der Waals surface area contributed by atoms with E-state index < -0.39 is 11.9 Å². The van der Waals surface area contributed by atoms with Crippen molar-refractivity contribution in [2.24, 2.45) is 5.92 Å². The number of nitrogens with zero attached hydrogens (tertiary/aromatic N) is 2. The van der Waals surface area contributed by atoms with Crippen LogP contribution in [0.5, 0.6) is 0 Å². The first-order chi connectivity index (χ1) is 9.43. The Morgan fingerprint density at radius 1 is 1.30 bits per heavy atom. The molecule has 2 atom stereocenters. The standard InChI is InChI=1S/C15H19F3N2/c1-3-5-11(4-2)13(8-9-19)12-6-7-14(20-10-12)15(16,17)18/h6-7,10-11,13H,3-5,8H2,1-2H3. The third kappa shape index (κ3) is 4.22. The molecule has 0 N–H and O–H groups in total. The largest absolute Gasteiger partial charge is 0.433 e. The van der Waals surface area contributed by atoms with Crippen molar-refractivity contribution >= 4 is 0 Å². The first-order valence-electron chi connectivity index (χ1n) is 6.84. The lowest BCUT2D eigenvalue weighted by molar-refractivity contribution is -0.141. The molecule has 0 aliphatic heterocycles. The van der Waals surface area contributed by atoms with Gasteiger partial charge in [0.05, 0.1) is 6.07 Å². The second kappa shape index (κ2) is 7.28. The van der Waals surface area contributed by atoms with E-state index in [0.29, 0.717) is 12.3 Å². The third-order valence-corrected chi connectivity index (χ3v) is 3.57. The maximum Gasteiger partial charge on any atom is 0.433 e. The summed E-state index contributed by atoms with van der Waals surface area (Å²) in [5, 5.41) is 8.94. The molecule has 5 heteroatoms. The monoisotopic (exact) mass is 284 g/mol. The molecule has 1 heterocycles. The van der Waals surface area contributed by atoms with Crippen LogP contribution in [-0.2, 0) is 6.18 Å². The molecule has 2 nitrogen and oxygen atoms in total. The van der Waals surface area contributed by atoms with E-state index >= 15 is 0 Å². The zero-order chi connectivity index (χ0) is 15.2. The van der Waals surface area contributed by atoms with Gasteiger partial charge in [0.1, 0.15) is 5.69 Å². The molecule has 0 saturated heterocycles. The van der Waals surface area contributed by atoms with Gasteiger partial charge in [-0.15, -0.1) is 0 Å². The van der Waals surface area contributed by atoms with Crippen molar-refractivity contribution in [2.75, 3.05) is 0 Å². The van der Waals surface area contributed by atoms with Gasteiger partial charge in [0.2, 0.25) is 0 Å². The SMILES string of the molecule is CCCC(CC)C(CC#N)c1ccc(C(F)(F)F)nc1. The van der Waals surface area contributed by atoms with Crippen molar-refractivity contribution in [1.82, 2.24) is 4.98 Å². The molecule has 0 amide bonds. The number of hydrogen-bond acceptors (Lipinski definition) is 2. The number of pyridine rings is 1. The van der Waals surface area contributed by atoms with E-state index in [1.165, 1.54) is 12.3 Å². The summed E-state index contributed by atoms with van der Waals surface area (Å²) >= 11 is 0. The lowest BCUT2D eigenvalue weighted by Gasteiger charge is -2.24. The average molecular weight is 284 g/mol. The molecule has 0 spiro atoms. The minimum Gasteiger partial charge on any atom is -0.251 e. The summed E-state index contributed by atoms with van der Waals surface area (Å²) in [5.41, 5.74) is -0.166. The van der Waals surface area contributed by atoms with E-state index in [0.717, 1.165) is 30.9 Å². The Morgan fingerprint density at radius 3 is 2.40 bits per heavy atom. The fraction of sp³-hybridized carbons (Fsp3) is 0.600. The Balaban J connectivity index is 3.00. The van der Waals surface area contributed by atoms with Gasteiger partial charge in [-0.05, 0) is 17.5 Å². The van der Waals surface area contributed by atoms with Crippen LogP contribution in [0.15, 0.2) is 18.3 Å². The molecule has 110 valence electrons. The van der Waals surface area contributed by atoms with Crippen LogP contribution in [0.2, 0.25) is 0 Å². The molecule has 1 rings (SSSR count). The summed E-state index contributed by atoms with van der Waals surface area (Å²) in [6.07, 6.45) is 0.0190. The van der Waals surface area contributed by atoms with Crippen molar-refractivity contribution < 1.29 is 13.2 Å². The van der Waals surface area contributed by atoms with E-state index in [9.17, 15) is 13.2 Å². The smallest absolute Gasteiger partial charge is 0.251 e. The molecular formula is C15H19F3N2. The highest BCUT2D eigenvalue weighted by molar-refractivity contribution is 5.21. The lowest BCUT2D eigenvalue weighted by Crippen LogP contribution is -2.14. The van der Waals surface area contributed by atoms with Gasteiger partial charge in [0.15, 0.2) is 0 Å². The molecule has 0 fully saturated rings. The number of aromatic nitrogens is 1. The minimum atomic E-state index is -4.42. The molecule has 0 bridgehead atoms. The lowest BCUT2D eigenvalue weighted by atomic mass is 9.80. The third-order valence-electron chi connectivity index (χ3n) is 3.57. The van der Waals surface area contributed by atoms with Crippen LogP contribution >= 0.6 is 0 Å². The molecule has 1 aromatic rings. The predicted octanol–water partition coefficient (Wildman–Crippen LogP) is 4.92. The van der Waals surface area contributed by atoms with Crippen LogP contribution in [0.1, 0.15) is 56.7 Å². The van der Waals surface area contributed by atoms with E-state index in [1.54, 1.807) is 0 Å².